The number of aryl methyl sites for hydroxylation is 2. The van der Waals surface area contributed by atoms with Crippen molar-refractivity contribution in [1.82, 2.24) is 29.5 Å². The van der Waals surface area contributed by atoms with Crippen LogP contribution in [-0.2, 0) is 0 Å². The molecule has 1 N–H and O–H groups in total. The fraction of sp³-hybridized carbons (Fsp3) is 0.375. The van der Waals surface area contributed by atoms with Gasteiger partial charge in [0.2, 0.25) is 0 Å². The summed E-state index contributed by atoms with van der Waals surface area (Å²) in [4.78, 5) is 23.9. The third kappa shape index (κ3) is 2.19. The predicted molar refractivity (Wildman–Crippen MR) is 84.1 cm³/mol. The summed E-state index contributed by atoms with van der Waals surface area (Å²) in [6, 6.07) is 5.67. The van der Waals surface area contributed by atoms with Gasteiger partial charge >= 0.3 is 0 Å². The molecule has 0 unspecified atom stereocenters. The molecule has 0 saturated carbocycles. The van der Waals surface area contributed by atoms with Gasteiger partial charge in [-0.1, -0.05) is 6.07 Å². The molecule has 1 amide bonds. The Hall–Kier alpha value is -2.70. The molecule has 0 aliphatic carbocycles. The molecule has 1 aliphatic rings. The lowest BCUT2D eigenvalue weighted by Crippen LogP contribution is -2.32. The summed E-state index contributed by atoms with van der Waals surface area (Å²) in [5.41, 5.74) is 2.16. The zero-order valence-electron chi connectivity index (χ0n) is 13.2. The topological polar surface area (TPSA) is 79.2 Å². The number of hydrogen-bond acceptors (Lipinski definition) is 4. The van der Waals surface area contributed by atoms with Crippen LogP contribution >= 0.6 is 0 Å². The quantitative estimate of drug-likeness (QED) is 0.785. The minimum absolute atomic E-state index is 0.00819. The molecule has 7 nitrogen and oxygen atoms in total. The van der Waals surface area contributed by atoms with Crippen LogP contribution in [0.25, 0.3) is 5.65 Å². The molecule has 3 aromatic heterocycles. The third-order valence-corrected chi connectivity index (χ3v) is 4.33. The Morgan fingerprint density at radius 1 is 1.30 bits per heavy atom. The number of amides is 1. The summed E-state index contributed by atoms with van der Waals surface area (Å²) in [6.07, 6.45) is 3.73. The average molecular weight is 310 g/mol. The molecule has 1 saturated heterocycles. The fourth-order valence-electron chi connectivity index (χ4n) is 3.29. The maximum Gasteiger partial charge on any atom is 0.273 e. The van der Waals surface area contributed by atoms with Crippen LogP contribution in [0.15, 0.2) is 24.4 Å². The Morgan fingerprint density at radius 3 is 2.96 bits per heavy atom. The molecule has 0 radical (unpaired) electrons. The van der Waals surface area contributed by atoms with Crippen molar-refractivity contribution in [3.05, 3.63) is 47.4 Å². The highest BCUT2D eigenvalue weighted by atomic mass is 16.2. The van der Waals surface area contributed by atoms with Crippen LogP contribution in [0.2, 0.25) is 0 Å². The predicted octanol–water partition coefficient (Wildman–Crippen LogP) is 2.05. The van der Waals surface area contributed by atoms with E-state index in [1.165, 1.54) is 0 Å². The van der Waals surface area contributed by atoms with Crippen molar-refractivity contribution in [2.45, 2.75) is 32.7 Å². The van der Waals surface area contributed by atoms with Gasteiger partial charge in [-0.3, -0.25) is 14.3 Å². The molecule has 118 valence electrons. The number of rotatable bonds is 2. The molecule has 0 bridgehead atoms. The summed E-state index contributed by atoms with van der Waals surface area (Å²) in [5.74, 6) is 1.45. The monoisotopic (exact) mass is 310 g/mol. The summed E-state index contributed by atoms with van der Waals surface area (Å²) >= 11 is 0. The molecule has 1 atom stereocenters. The van der Waals surface area contributed by atoms with Gasteiger partial charge in [0, 0.05) is 12.7 Å². The average Bonchev–Trinajstić information content (AvgIpc) is 3.23. The fourth-order valence-corrected chi connectivity index (χ4v) is 3.29. The zero-order chi connectivity index (χ0) is 16.0. The van der Waals surface area contributed by atoms with Crippen LogP contribution in [0.5, 0.6) is 0 Å². The van der Waals surface area contributed by atoms with Gasteiger partial charge in [0.25, 0.3) is 5.91 Å². The first-order chi connectivity index (χ1) is 11.1. The van der Waals surface area contributed by atoms with Gasteiger partial charge in [-0.2, -0.15) is 5.10 Å². The van der Waals surface area contributed by atoms with E-state index in [0.717, 1.165) is 36.6 Å². The van der Waals surface area contributed by atoms with Crippen molar-refractivity contribution in [3.8, 4) is 0 Å². The standard InChI is InChI=1S/C16H18N6O/c1-10-14(22-8-4-3-7-13(22)17-10)16(23)21-9-5-6-12(21)15-18-11(2)19-20-15/h3-4,7-8,12H,5-6,9H2,1-2H3,(H,18,19,20)/t12-/m1/s1. The second-order valence-electron chi connectivity index (χ2n) is 5.91. The highest BCUT2D eigenvalue weighted by molar-refractivity contribution is 5.95. The lowest BCUT2D eigenvalue weighted by atomic mass is 10.2. The third-order valence-electron chi connectivity index (χ3n) is 4.33. The number of nitrogens with zero attached hydrogens (tertiary/aromatic N) is 5. The minimum Gasteiger partial charge on any atom is -0.327 e. The van der Waals surface area contributed by atoms with Crippen molar-refractivity contribution in [1.29, 1.82) is 0 Å². The molecule has 0 spiro atoms. The van der Waals surface area contributed by atoms with E-state index in [4.69, 9.17) is 0 Å². The van der Waals surface area contributed by atoms with Gasteiger partial charge in [-0.15, -0.1) is 0 Å². The number of nitrogens with one attached hydrogen (secondary N) is 1. The van der Waals surface area contributed by atoms with E-state index in [1.807, 2.05) is 47.5 Å². The molecule has 4 heterocycles. The Kier molecular flexibility index (Phi) is 3.14. The lowest BCUT2D eigenvalue weighted by molar-refractivity contribution is 0.0722. The molecule has 1 aliphatic heterocycles. The SMILES string of the molecule is Cc1nc([C@H]2CCCN2C(=O)c2c(C)nc3ccccn23)n[nH]1. The largest absolute Gasteiger partial charge is 0.327 e. The number of H-pyrrole nitrogens is 1. The molecule has 3 aromatic rings. The molecule has 23 heavy (non-hydrogen) atoms. The van der Waals surface area contributed by atoms with Crippen LogP contribution < -0.4 is 0 Å². The molecule has 7 heteroatoms. The highest BCUT2D eigenvalue weighted by Gasteiger charge is 2.35. The normalized spacial score (nSPS) is 18.0. The smallest absolute Gasteiger partial charge is 0.273 e. The van der Waals surface area contributed by atoms with E-state index in [2.05, 4.69) is 20.2 Å². The first-order valence-corrected chi connectivity index (χ1v) is 7.78. The van der Waals surface area contributed by atoms with Gasteiger partial charge < -0.3 is 4.90 Å². The highest BCUT2D eigenvalue weighted by Crippen LogP contribution is 2.31. The van der Waals surface area contributed by atoms with Crippen molar-refractivity contribution in [3.63, 3.8) is 0 Å². The number of aromatic amines is 1. The molecule has 4 rings (SSSR count). The Morgan fingerprint density at radius 2 is 2.17 bits per heavy atom. The first kappa shape index (κ1) is 13.9. The lowest BCUT2D eigenvalue weighted by Gasteiger charge is -2.22. The summed E-state index contributed by atoms with van der Waals surface area (Å²) in [7, 11) is 0. The number of hydrogen-bond donors (Lipinski definition) is 1. The summed E-state index contributed by atoms with van der Waals surface area (Å²) < 4.78 is 1.86. The maximum absolute atomic E-state index is 13.1. The van der Waals surface area contributed by atoms with Crippen LogP contribution in [0.1, 0.15) is 46.7 Å². The van der Waals surface area contributed by atoms with Crippen molar-refractivity contribution < 1.29 is 4.79 Å². The second kappa shape index (κ2) is 5.19. The van der Waals surface area contributed by atoms with Crippen molar-refractivity contribution in [2.24, 2.45) is 0 Å². The van der Waals surface area contributed by atoms with Crippen LogP contribution in [0.3, 0.4) is 0 Å². The van der Waals surface area contributed by atoms with Gasteiger partial charge in [0.15, 0.2) is 5.82 Å². The van der Waals surface area contributed by atoms with Crippen molar-refractivity contribution >= 4 is 11.6 Å². The first-order valence-electron chi connectivity index (χ1n) is 7.78. The second-order valence-corrected chi connectivity index (χ2v) is 5.91. The molecule has 0 aromatic carbocycles. The van der Waals surface area contributed by atoms with E-state index in [-0.39, 0.29) is 11.9 Å². The van der Waals surface area contributed by atoms with Gasteiger partial charge in [0.05, 0.1) is 11.7 Å². The number of carbonyl (C=O) groups excluding carboxylic acids is 1. The minimum atomic E-state index is -0.0684. The molecular weight excluding hydrogens is 292 g/mol. The Labute approximate surface area is 133 Å². The number of carbonyl (C=O) groups is 1. The van der Waals surface area contributed by atoms with E-state index in [0.29, 0.717) is 11.5 Å². The van der Waals surface area contributed by atoms with E-state index >= 15 is 0 Å². The van der Waals surface area contributed by atoms with Gasteiger partial charge in [-0.05, 0) is 38.8 Å². The van der Waals surface area contributed by atoms with E-state index in [1.54, 1.807) is 0 Å². The Bertz CT molecular complexity index is 880. The van der Waals surface area contributed by atoms with Gasteiger partial charge in [0.1, 0.15) is 17.2 Å². The molecule has 1 fully saturated rings. The van der Waals surface area contributed by atoms with Crippen LogP contribution in [0, 0.1) is 13.8 Å². The van der Waals surface area contributed by atoms with Gasteiger partial charge in [-0.25, -0.2) is 9.97 Å². The maximum atomic E-state index is 13.1. The number of imidazole rings is 1. The summed E-state index contributed by atoms with van der Waals surface area (Å²) in [5, 5.41) is 7.11. The van der Waals surface area contributed by atoms with Crippen LogP contribution in [0.4, 0.5) is 0 Å². The molecular formula is C16H18N6O. The summed E-state index contributed by atoms with van der Waals surface area (Å²) in [6.45, 7) is 4.46. The Balaban J connectivity index is 1.74. The number of fused-ring (bicyclic) bond motifs is 1. The number of aromatic nitrogens is 5. The zero-order valence-corrected chi connectivity index (χ0v) is 13.2. The number of pyridine rings is 1. The number of likely N-dealkylation sites (tertiary alicyclic amines) is 1. The van der Waals surface area contributed by atoms with Crippen molar-refractivity contribution in [2.75, 3.05) is 6.54 Å². The van der Waals surface area contributed by atoms with Crippen LogP contribution in [-0.4, -0.2) is 41.9 Å². The van der Waals surface area contributed by atoms with E-state index < -0.39 is 0 Å². The van der Waals surface area contributed by atoms with E-state index in [9.17, 15) is 4.79 Å².